The molecule has 2 fully saturated rings. The number of aromatic hydroxyl groups is 1. The third-order valence-corrected chi connectivity index (χ3v) is 9.90. The number of piperidine rings is 2. The van der Waals surface area contributed by atoms with Crippen molar-refractivity contribution in [3.63, 3.8) is 0 Å². The normalized spacial score (nSPS) is 17.1. The van der Waals surface area contributed by atoms with Crippen molar-refractivity contribution in [3.8, 4) is 5.75 Å². The third-order valence-electron chi connectivity index (χ3n) is 8.69. The Morgan fingerprint density at radius 3 is 2.32 bits per heavy atom. The summed E-state index contributed by atoms with van der Waals surface area (Å²) in [6.07, 6.45) is 8.38. The van der Waals surface area contributed by atoms with E-state index in [1.165, 1.54) is 5.56 Å². The largest absolute Gasteiger partial charge is 0.506 e. The number of pyridine rings is 2. The number of urea groups is 1. The van der Waals surface area contributed by atoms with Gasteiger partial charge in [0.15, 0.2) is 5.65 Å². The SMILES string of the molecule is O=C(N[C@H](Cc1cc(Br)c(O)c(Br)c1)C(=O)N1CCC(c2ccncc2)CC1)N1CCC(n2c(=O)[nH]c3cccnc32)CC1. The molecule has 3 aromatic heterocycles. The zero-order chi connectivity index (χ0) is 30.8. The number of halogens is 2. The molecule has 4 aromatic rings. The van der Waals surface area contributed by atoms with Gasteiger partial charge in [0.2, 0.25) is 5.91 Å². The van der Waals surface area contributed by atoms with Crippen molar-refractivity contribution in [1.29, 1.82) is 0 Å². The lowest BCUT2D eigenvalue weighted by molar-refractivity contribution is -0.134. The maximum atomic E-state index is 13.9. The highest BCUT2D eigenvalue weighted by atomic mass is 79.9. The van der Waals surface area contributed by atoms with Crippen LogP contribution in [0.3, 0.4) is 0 Å². The van der Waals surface area contributed by atoms with Gasteiger partial charge in [0.1, 0.15) is 11.8 Å². The first-order valence-electron chi connectivity index (χ1n) is 14.7. The molecule has 1 atom stereocenters. The smallest absolute Gasteiger partial charge is 0.327 e. The van der Waals surface area contributed by atoms with Crippen molar-refractivity contribution in [2.45, 2.75) is 50.1 Å². The number of fused-ring (bicyclic) bond motifs is 1. The van der Waals surface area contributed by atoms with E-state index in [2.05, 4.69) is 52.1 Å². The first kappa shape index (κ1) is 30.3. The quantitative estimate of drug-likeness (QED) is 0.263. The van der Waals surface area contributed by atoms with Crippen molar-refractivity contribution in [2.24, 2.45) is 0 Å². The van der Waals surface area contributed by atoms with E-state index in [1.807, 2.05) is 23.1 Å². The first-order chi connectivity index (χ1) is 21.3. The number of H-pyrrole nitrogens is 1. The Kier molecular flexibility index (Phi) is 9.03. The first-order valence-corrected chi connectivity index (χ1v) is 16.3. The Morgan fingerprint density at radius 2 is 1.64 bits per heavy atom. The number of hydrogen-bond acceptors (Lipinski definition) is 6. The van der Waals surface area contributed by atoms with Crippen molar-refractivity contribution >= 4 is 55.0 Å². The van der Waals surface area contributed by atoms with Gasteiger partial charge in [-0.25, -0.2) is 14.6 Å². The summed E-state index contributed by atoms with van der Waals surface area (Å²) < 4.78 is 2.69. The number of hydrogen-bond donors (Lipinski definition) is 3. The summed E-state index contributed by atoms with van der Waals surface area (Å²) in [5.41, 5.74) is 3.12. The molecule has 2 aliphatic rings. The maximum Gasteiger partial charge on any atom is 0.327 e. The van der Waals surface area contributed by atoms with Crippen LogP contribution in [0.2, 0.25) is 0 Å². The third kappa shape index (κ3) is 6.39. The van der Waals surface area contributed by atoms with Gasteiger partial charge in [0, 0.05) is 57.2 Å². The second kappa shape index (κ2) is 13.1. The van der Waals surface area contributed by atoms with Gasteiger partial charge in [-0.3, -0.25) is 14.3 Å². The van der Waals surface area contributed by atoms with Crippen LogP contribution in [0.1, 0.15) is 48.8 Å². The van der Waals surface area contributed by atoms with Crippen molar-refractivity contribution in [3.05, 3.63) is 85.5 Å². The predicted octanol–water partition coefficient (Wildman–Crippen LogP) is 4.71. The van der Waals surface area contributed by atoms with Gasteiger partial charge < -0.3 is 25.2 Å². The number of phenolic OH excluding ortho intramolecular Hbond substituents is 1. The lowest BCUT2D eigenvalue weighted by atomic mass is 9.89. The zero-order valence-electron chi connectivity index (χ0n) is 24.0. The molecule has 1 aromatic carbocycles. The minimum Gasteiger partial charge on any atom is -0.506 e. The number of nitrogens with zero attached hydrogens (tertiary/aromatic N) is 5. The van der Waals surface area contributed by atoms with Crippen LogP contribution in [0.4, 0.5) is 4.79 Å². The number of likely N-dealkylation sites (tertiary alicyclic amines) is 2. The topological polar surface area (TPSA) is 136 Å². The Morgan fingerprint density at radius 1 is 0.977 bits per heavy atom. The van der Waals surface area contributed by atoms with Crippen molar-refractivity contribution in [2.75, 3.05) is 26.2 Å². The van der Waals surface area contributed by atoms with Crippen molar-refractivity contribution < 1.29 is 14.7 Å². The molecule has 0 aliphatic carbocycles. The number of benzene rings is 1. The molecule has 11 nitrogen and oxygen atoms in total. The summed E-state index contributed by atoms with van der Waals surface area (Å²) in [7, 11) is 0. The zero-order valence-corrected chi connectivity index (χ0v) is 27.1. The lowest BCUT2D eigenvalue weighted by Crippen LogP contribution is -2.55. The van der Waals surface area contributed by atoms with E-state index in [1.54, 1.807) is 46.3 Å². The van der Waals surface area contributed by atoms with E-state index >= 15 is 0 Å². The van der Waals surface area contributed by atoms with E-state index in [0.717, 1.165) is 18.4 Å². The Hall–Kier alpha value is -3.71. The molecule has 13 heteroatoms. The van der Waals surface area contributed by atoms with Crippen LogP contribution in [0, 0.1) is 0 Å². The Labute approximate surface area is 270 Å². The summed E-state index contributed by atoms with van der Waals surface area (Å²) in [6.45, 7) is 2.08. The van der Waals surface area contributed by atoms with Crippen LogP contribution < -0.4 is 11.0 Å². The molecule has 2 saturated heterocycles. The van der Waals surface area contributed by atoms with E-state index in [9.17, 15) is 19.5 Å². The molecule has 230 valence electrons. The number of carbonyl (C=O) groups excluding carboxylic acids is 2. The fourth-order valence-corrected chi connectivity index (χ4v) is 7.61. The van der Waals surface area contributed by atoms with Crippen LogP contribution >= 0.6 is 31.9 Å². The monoisotopic (exact) mass is 725 g/mol. The number of aromatic nitrogens is 4. The second-order valence-electron chi connectivity index (χ2n) is 11.4. The van der Waals surface area contributed by atoms with E-state index in [-0.39, 0.29) is 35.8 Å². The summed E-state index contributed by atoms with van der Waals surface area (Å²) in [5.74, 6) is 0.310. The highest BCUT2D eigenvalue weighted by Gasteiger charge is 2.33. The summed E-state index contributed by atoms with van der Waals surface area (Å²) >= 11 is 6.76. The molecule has 0 radical (unpaired) electrons. The highest BCUT2D eigenvalue weighted by Crippen LogP contribution is 2.34. The van der Waals surface area contributed by atoms with Gasteiger partial charge in [-0.1, -0.05) is 0 Å². The molecule has 6 rings (SSSR count). The van der Waals surface area contributed by atoms with Crippen molar-refractivity contribution in [1.82, 2.24) is 34.6 Å². The predicted molar refractivity (Wildman–Crippen MR) is 173 cm³/mol. The van der Waals surface area contributed by atoms with Crippen LogP contribution in [0.5, 0.6) is 5.75 Å². The molecule has 0 spiro atoms. The van der Waals surface area contributed by atoms with Crippen LogP contribution in [-0.2, 0) is 11.2 Å². The van der Waals surface area contributed by atoms with E-state index in [0.29, 0.717) is 65.0 Å². The molecule has 2 aliphatic heterocycles. The molecular formula is C31H33Br2N7O4. The number of aromatic amines is 1. The molecule has 0 saturated carbocycles. The standard InChI is InChI=1S/C31H33Br2N7O4/c32-23-16-19(17-24(33)27(23)41)18-26(29(42)38-12-5-21(6-13-38)20-3-10-34-11-4-20)37-30(43)39-14-7-22(8-15-39)40-28-25(36-31(40)44)2-1-9-35-28/h1-4,9-11,16-17,21-22,26,41H,5-8,12-15,18H2,(H,36,44)(H,37,43)/t26-/m1/s1. The molecule has 3 N–H and O–H groups in total. The van der Waals surface area contributed by atoms with Gasteiger partial charge in [-0.2, -0.15) is 0 Å². The summed E-state index contributed by atoms with van der Waals surface area (Å²) in [4.78, 5) is 55.1. The fraction of sp³-hybridized carbons (Fsp3) is 0.387. The molecule has 0 unspecified atom stereocenters. The van der Waals surface area contributed by atoms with Crippen LogP contribution in [0.15, 0.2) is 68.7 Å². The van der Waals surface area contributed by atoms with E-state index < -0.39 is 6.04 Å². The number of carbonyl (C=O) groups is 2. The van der Waals surface area contributed by atoms with Crippen LogP contribution in [0.25, 0.3) is 11.2 Å². The van der Waals surface area contributed by atoms with Gasteiger partial charge in [0.25, 0.3) is 0 Å². The minimum atomic E-state index is -0.790. The lowest BCUT2D eigenvalue weighted by Gasteiger charge is -2.36. The molecular weight excluding hydrogens is 694 g/mol. The average Bonchev–Trinajstić information content (AvgIpc) is 3.39. The van der Waals surface area contributed by atoms with Gasteiger partial charge in [0.05, 0.1) is 14.5 Å². The van der Waals surface area contributed by atoms with Gasteiger partial charge in [-0.05, 0) is 111 Å². The average molecular weight is 727 g/mol. The van der Waals surface area contributed by atoms with E-state index in [4.69, 9.17) is 0 Å². The minimum absolute atomic E-state index is 0.0752. The van der Waals surface area contributed by atoms with Crippen LogP contribution in [-0.4, -0.2) is 78.6 Å². The summed E-state index contributed by atoms with van der Waals surface area (Å²) in [5, 5.41) is 13.2. The molecule has 5 heterocycles. The Bertz CT molecular complexity index is 1690. The molecule has 44 heavy (non-hydrogen) atoms. The second-order valence-corrected chi connectivity index (χ2v) is 13.1. The van der Waals surface area contributed by atoms with Gasteiger partial charge >= 0.3 is 11.7 Å². The number of rotatable bonds is 6. The number of imidazole rings is 1. The highest BCUT2D eigenvalue weighted by molar-refractivity contribution is 9.11. The fourth-order valence-electron chi connectivity index (χ4n) is 6.33. The summed E-state index contributed by atoms with van der Waals surface area (Å²) in [6, 6.07) is 10.0. The van der Waals surface area contributed by atoms with Gasteiger partial charge in [-0.15, -0.1) is 0 Å². The number of nitrogens with one attached hydrogen (secondary N) is 2. The number of phenols is 1. The maximum absolute atomic E-state index is 13.9. The molecule has 3 amide bonds. The Balaban J connectivity index is 1.14. The molecule has 0 bridgehead atoms. The number of amides is 3.